The number of nitrogens with one attached hydrogen (secondary N) is 1. The highest BCUT2D eigenvalue weighted by atomic mass is 19.4. The number of aliphatic hydroxyl groups excluding tert-OH is 1. The van der Waals surface area contributed by atoms with E-state index in [1.165, 1.54) is 0 Å². The van der Waals surface area contributed by atoms with Crippen LogP contribution in [0.1, 0.15) is 41.3 Å². The first-order valence-corrected chi connectivity index (χ1v) is 12.8. The molecule has 2 N–H and O–H groups in total. The van der Waals surface area contributed by atoms with Crippen molar-refractivity contribution >= 4 is 11.5 Å². The number of aliphatic hydroxyl groups is 1. The van der Waals surface area contributed by atoms with Crippen molar-refractivity contribution in [3.63, 3.8) is 0 Å². The van der Waals surface area contributed by atoms with Crippen molar-refractivity contribution in [2.45, 2.75) is 43.9 Å². The van der Waals surface area contributed by atoms with Crippen molar-refractivity contribution in [2.24, 2.45) is 7.05 Å². The molecular weight excluding hydrogens is 485 g/mol. The molecule has 0 aliphatic carbocycles. The topological polar surface area (TPSA) is 96.5 Å². The Kier molecular flexibility index (Phi) is 7.04. The summed E-state index contributed by atoms with van der Waals surface area (Å²) in [7, 11) is 1.91. The van der Waals surface area contributed by atoms with E-state index < -0.39 is 17.4 Å². The van der Waals surface area contributed by atoms with Gasteiger partial charge >= 0.3 is 6.18 Å². The predicted octanol–water partition coefficient (Wildman–Crippen LogP) is 1.85. The number of rotatable bonds is 5. The summed E-state index contributed by atoms with van der Waals surface area (Å²) < 4.78 is 44.2. The van der Waals surface area contributed by atoms with Crippen molar-refractivity contribution in [3.8, 4) is 6.07 Å². The average Bonchev–Trinajstić information content (AvgIpc) is 3.21. The number of hydrogen-bond donors (Lipinski definition) is 2. The molecule has 2 atom stereocenters. The first-order chi connectivity index (χ1) is 17.7. The molecule has 37 heavy (non-hydrogen) atoms. The molecule has 9 nitrogen and oxygen atoms in total. The number of nitriles is 1. The lowest BCUT2D eigenvalue weighted by Crippen LogP contribution is -2.70. The van der Waals surface area contributed by atoms with Crippen LogP contribution in [0.25, 0.3) is 0 Å². The molecule has 0 spiro atoms. The Morgan fingerprint density at radius 2 is 1.89 bits per heavy atom. The minimum absolute atomic E-state index is 0.0301. The highest BCUT2D eigenvalue weighted by molar-refractivity contribution is 5.69. The summed E-state index contributed by atoms with van der Waals surface area (Å²) in [6.07, 6.45) is -1.39. The van der Waals surface area contributed by atoms with E-state index >= 15 is 0 Å². The Balaban J connectivity index is 1.43. The second kappa shape index (κ2) is 10.1. The fourth-order valence-corrected chi connectivity index (χ4v) is 6.15. The lowest BCUT2D eigenvalue weighted by atomic mass is 9.91. The minimum Gasteiger partial charge on any atom is -0.394 e. The van der Waals surface area contributed by atoms with Crippen molar-refractivity contribution in [1.82, 2.24) is 25.0 Å². The van der Waals surface area contributed by atoms with Crippen LogP contribution in [0.5, 0.6) is 0 Å². The van der Waals surface area contributed by atoms with Crippen molar-refractivity contribution in [3.05, 3.63) is 34.8 Å². The molecule has 200 valence electrons. The Hall–Kier alpha value is -2.88. The quantitative estimate of drug-likeness (QED) is 0.619. The Bertz CT molecular complexity index is 1140. The number of piperidine rings is 1. The number of aromatic nitrogens is 3. The molecule has 0 radical (unpaired) electrons. The molecule has 2 aromatic rings. The molecule has 5 rings (SSSR count). The first kappa shape index (κ1) is 25.8. The highest BCUT2D eigenvalue weighted by Gasteiger charge is 2.46. The van der Waals surface area contributed by atoms with Gasteiger partial charge in [0, 0.05) is 76.6 Å². The monoisotopic (exact) mass is 518 g/mol. The van der Waals surface area contributed by atoms with E-state index in [1.54, 1.807) is 17.0 Å². The van der Waals surface area contributed by atoms with Crippen LogP contribution in [-0.4, -0.2) is 89.3 Å². The second-order valence-electron chi connectivity index (χ2n) is 10.2. The zero-order chi connectivity index (χ0) is 26.3. The summed E-state index contributed by atoms with van der Waals surface area (Å²) in [6, 6.07) is 3.04. The van der Waals surface area contributed by atoms with Crippen molar-refractivity contribution in [2.75, 3.05) is 62.2 Å². The molecule has 12 heteroatoms. The van der Waals surface area contributed by atoms with Crippen LogP contribution in [0.3, 0.4) is 0 Å². The largest absolute Gasteiger partial charge is 0.434 e. The summed E-state index contributed by atoms with van der Waals surface area (Å²) in [4.78, 5) is 9.86. The molecular formula is C25H33F3N8O. The molecule has 5 heterocycles. The number of aryl methyl sites for hydroxylation is 2. The normalized spacial score (nSPS) is 23.7. The van der Waals surface area contributed by atoms with Gasteiger partial charge in [-0.3, -0.25) is 9.58 Å². The summed E-state index contributed by atoms with van der Waals surface area (Å²) in [6.45, 7) is 6.71. The zero-order valence-electron chi connectivity index (χ0n) is 21.2. The van der Waals surface area contributed by atoms with Crippen LogP contribution in [0, 0.1) is 18.3 Å². The second-order valence-corrected chi connectivity index (χ2v) is 10.2. The molecule has 3 aliphatic rings. The van der Waals surface area contributed by atoms with E-state index in [1.807, 2.05) is 29.7 Å². The van der Waals surface area contributed by atoms with Crippen LogP contribution < -0.4 is 15.1 Å². The van der Waals surface area contributed by atoms with Crippen LogP contribution in [0.4, 0.5) is 24.7 Å². The summed E-state index contributed by atoms with van der Waals surface area (Å²) in [5.74, 6) is 0.501. The van der Waals surface area contributed by atoms with Gasteiger partial charge in [-0.1, -0.05) is 0 Å². The Morgan fingerprint density at radius 1 is 1.19 bits per heavy atom. The number of alkyl halides is 3. The Labute approximate surface area is 214 Å². The molecule has 3 saturated heterocycles. The van der Waals surface area contributed by atoms with Crippen LogP contribution in [-0.2, 0) is 13.2 Å². The van der Waals surface area contributed by atoms with Gasteiger partial charge < -0.3 is 20.2 Å². The molecule has 3 fully saturated rings. The van der Waals surface area contributed by atoms with E-state index in [0.29, 0.717) is 19.6 Å². The summed E-state index contributed by atoms with van der Waals surface area (Å²) in [5, 5.41) is 27.6. The third-order valence-electron chi connectivity index (χ3n) is 8.09. The zero-order valence-corrected chi connectivity index (χ0v) is 21.2. The van der Waals surface area contributed by atoms with Crippen LogP contribution in [0.15, 0.2) is 12.3 Å². The number of pyridine rings is 1. The first-order valence-electron chi connectivity index (χ1n) is 12.8. The fraction of sp³-hybridized carbons (Fsp3) is 0.640. The fourth-order valence-electron chi connectivity index (χ4n) is 6.15. The maximum Gasteiger partial charge on any atom is 0.434 e. The maximum atomic E-state index is 14.1. The summed E-state index contributed by atoms with van der Waals surface area (Å²) >= 11 is 0. The molecule has 0 bridgehead atoms. The van der Waals surface area contributed by atoms with E-state index in [9.17, 15) is 23.5 Å². The molecule has 0 aromatic carbocycles. The van der Waals surface area contributed by atoms with E-state index in [0.717, 1.165) is 50.3 Å². The number of hydrogen-bond acceptors (Lipinski definition) is 8. The van der Waals surface area contributed by atoms with Gasteiger partial charge in [0.05, 0.1) is 24.5 Å². The van der Waals surface area contributed by atoms with Gasteiger partial charge in [0.1, 0.15) is 17.5 Å². The molecule has 0 saturated carbocycles. The van der Waals surface area contributed by atoms with Crippen molar-refractivity contribution in [1.29, 1.82) is 5.26 Å². The number of nitrogens with zero attached hydrogens (tertiary/aromatic N) is 7. The Morgan fingerprint density at radius 3 is 2.46 bits per heavy atom. The van der Waals surface area contributed by atoms with Gasteiger partial charge in [0.15, 0.2) is 5.69 Å². The van der Waals surface area contributed by atoms with Gasteiger partial charge in [0.2, 0.25) is 0 Å². The SMILES string of the molecule is Cc1cnn(C)c1C1CCN(c2cc(N3CC(N4CCNCC4)C3CO)c(C#N)c(C(F)(F)F)n2)CC1. The van der Waals surface area contributed by atoms with Crippen LogP contribution in [0.2, 0.25) is 0 Å². The number of anilines is 2. The van der Waals surface area contributed by atoms with Gasteiger partial charge in [-0.05, 0) is 25.3 Å². The third kappa shape index (κ3) is 4.76. The van der Waals surface area contributed by atoms with Gasteiger partial charge in [-0.15, -0.1) is 0 Å². The van der Waals surface area contributed by atoms with Crippen LogP contribution >= 0.6 is 0 Å². The van der Waals surface area contributed by atoms with Gasteiger partial charge in [0.25, 0.3) is 0 Å². The third-order valence-corrected chi connectivity index (χ3v) is 8.09. The lowest BCUT2D eigenvalue weighted by Gasteiger charge is -2.54. The standard InChI is InChI=1S/C25H33F3N8O/c1-16-13-31-33(2)23(16)17-3-7-35(8-4-17)22-11-19(18(12-29)24(32-22)25(26,27)28)36-14-20(21(36)15-37)34-9-5-30-6-10-34/h11,13,17,20-21,30,37H,3-10,14-15H2,1-2H3. The van der Waals surface area contributed by atoms with Gasteiger partial charge in [-0.2, -0.15) is 23.5 Å². The molecule has 2 unspecified atom stereocenters. The number of piperazine rings is 1. The van der Waals surface area contributed by atoms with E-state index in [2.05, 4.69) is 20.3 Å². The van der Waals surface area contributed by atoms with E-state index in [4.69, 9.17) is 0 Å². The van der Waals surface area contributed by atoms with Gasteiger partial charge in [-0.25, -0.2) is 4.98 Å². The summed E-state index contributed by atoms with van der Waals surface area (Å²) in [5.41, 5.74) is 0.846. The molecule has 0 amide bonds. The predicted molar refractivity (Wildman–Crippen MR) is 133 cm³/mol. The highest BCUT2D eigenvalue weighted by Crippen LogP contribution is 2.41. The molecule has 3 aliphatic heterocycles. The molecule has 2 aromatic heterocycles. The van der Waals surface area contributed by atoms with Crippen molar-refractivity contribution < 1.29 is 18.3 Å². The maximum absolute atomic E-state index is 14.1. The minimum atomic E-state index is -4.77. The smallest absolute Gasteiger partial charge is 0.394 e. The van der Waals surface area contributed by atoms with E-state index in [-0.39, 0.29) is 36.1 Å². The average molecular weight is 519 g/mol. The number of halogens is 3. The lowest BCUT2D eigenvalue weighted by molar-refractivity contribution is -0.141.